The highest BCUT2D eigenvalue weighted by Gasteiger charge is 2.10. The third-order valence-electron chi connectivity index (χ3n) is 2.87. The lowest BCUT2D eigenvalue weighted by atomic mass is 10.1. The van der Waals surface area contributed by atoms with Crippen LogP contribution in [0.2, 0.25) is 0 Å². The van der Waals surface area contributed by atoms with Crippen molar-refractivity contribution in [3.8, 4) is 0 Å². The summed E-state index contributed by atoms with van der Waals surface area (Å²) in [4.78, 5) is 0. The zero-order valence-corrected chi connectivity index (χ0v) is 12.5. The average Bonchev–Trinajstić information content (AvgIpc) is 2.85. The first-order valence-corrected chi connectivity index (χ1v) is 7.60. The number of hydrogen-bond acceptors (Lipinski definition) is 2. The van der Waals surface area contributed by atoms with Gasteiger partial charge in [0.05, 0.1) is 0 Å². The molecule has 0 saturated heterocycles. The molecular weight excluding hydrogens is 313 g/mol. The Morgan fingerprint density at radius 1 is 1.39 bits per heavy atom. The van der Waals surface area contributed by atoms with E-state index >= 15 is 0 Å². The Balaban J connectivity index is 1.91. The first kappa shape index (κ1) is 13.7. The largest absolute Gasteiger partial charge is 0.310 e. The second kappa shape index (κ2) is 6.45. The lowest BCUT2D eigenvalue weighted by molar-refractivity contribution is 0.530. The van der Waals surface area contributed by atoms with Crippen molar-refractivity contribution in [3.63, 3.8) is 0 Å². The van der Waals surface area contributed by atoms with Crippen molar-refractivity contribution in [2.24, 2.45) is 0 Å². The third-order valence-corrected chi connectivity index (χ3v) is 4.09. The van der Waals surface area contributed by atoms with Gasteiger partial charge in [0, 0.05) is 16.1 Å². The predicted molar refractivity (Wildman–Crippen MR) is 78.5 cm³/mol. The van der Waals surface area contributed by atoms with Crippen LogP contribution in [0.1, 0.15) is 24.1 Å². The molecule has 1 unspecified atom stereocenters. The number of nitrogens with one attached hydrogen (secondary N) is 1. The Morgan fingerprint density at radius 2 is 2.22 bits per heavy atom. The molecule has 0 aliphatic rings. The summed E-state index contributed by atoms with van der Waals surface area (Å²) in [5, 5.41) is 7.57. The van der Waals surface area contributed by atoms with Crippen LogP contribution >= 0.6 is 27.3 Å². The molecule has 1 aromatic heterocycles. The Kier molecular flexibility index (Phi) is 4.92. The van der Waals surface area contributed by atoms with Crippen molar-refractivity contribution in [3.05, 3.63) is 56.4 Å². The summed E-state index contributed by atoms with van der Waals surface area (Å²) in [6.45, 7) is 2.84. The molecule has 1 nitrogen and oxygen atoms in total. The van der Waals surface area contributed by atoms with Gasteiger partial charge in [0.15, 0.2) is 0 Å². The van der Waals surface area contributed by atoms with E-state index in [9.17, 15) is 4.39 Å². The minimum atomic E-state index is -0.159. The van der Waals surface area contributed by atoms with Gasteiger partial charge in [-0.3, -0.25) is 0 Å². The summed E-state index contributed by atoms with van der Waals surface area (Å²) in [5.41, 5.74) is 2.03. The van der Waals surface area contributed by atoms with Crippen LogP contribution in [-0.4, -0.2) is 6.54 Å². The zero-order valence-electron chi connectivity index (χ0n) is 10.1. The van der Waals surface area contributed by atoms with Crippen LogP contribution in [0.5, 0.6) is 0 Å². The summed E-state index contributed by atoms with van der Waals surface area (Å²) in [6.07, 6.45) is 0.976. The van der Waals surface area contributed by atoms with Gasteiger partial charge >= 0.3 is 0 Å². The van der Waals surface area contributed by atoms with E-state index in [1.807, 2.05) is 13.0 Å². The minimum absolute atomic E-state index is 0.0149. The molecule has 96 valence electrons. The van der Waals surface area contributed by atoms with Gasteiger partial charge in [0.25, 0.3) is 0 Å². The maximum absolute atomic E-state index is 13.7. The topological polar surface area (TPSA) is 12.0 Å². The molecule has 0 fully saturated rings. The number of rotatable bonds is 5. The minimum Gasteiger partial charge on any atom is -0.310 e. The summed E-state index contributed by atoms with van der Waals surface area (Å²) >= 11 is 5.08. The molecule has 0 spiro atoms. The van der Waals surface area contributed by atoms with E-state index in [0.717, 1.165) is 17.4 Å². The van der Waals surface area contributed by atoms with E-state index in [-0.39, 0.29) is 11.9 Å². The maximum Gasteiger partial charge on any atom is 0.128 e. The van der Waals surface area contributed by atoms with Crippen LogP contribution in [0.4, 0.5) is 4.39 Å². The Labute approximate surface area is 119 Å². The van der Waals surface area contributed by atoms with Gasteiger partial charge < -0.3 is 5.32 Å². The predicted octanol–water partition coefficient (Wildman–Crippen LogP) is 4.54. The molecule has 2 rings (SSSR count). The second-order valence-corrected chi connectivity index (χ2v) is 5.92. The summed E-state index contributed by atoms with van der Waals surface area (Å²) in [6, 6.07) is 7.18. The summed E-state index contributed by atoms with van der Waals surface area (Å²) in [5.74, 6) is -0.159. The molecule has 0 bridgehead atoms. The van der Waals surface area contributed by atoms with E-state index in [4.69, 9.17) is 0 Å². The molecule has 0 aliphatic heterocycles. The van der Waals surface area contributed by atoms with Crippen LogP contribution in [0, 0.1) is 5.82 Å². The summed E-state index contributed by atoms with van der Waals surface area (Å²) < 4.78 is 14.6. The van der Waals surface area contributed by atoms with E-state index < -0.39 is 0 Å². The molecule has 4 heteroatoms. The van der Waals surface area contributed by atoms with Crippen LogP contribution < -0.4 is 5.32 Å². The fraction of sp³-hybridized carbons (Fsp3) is 0.286. The first-order valence-electron chi connectivity index (χ1n) is 5.86. The molecule has 1 aromatic carbocycles. The van der Waals surface area contributed by atoms with Crippen LogP contribution in [0.3, 0.4) is 0 Å². The van der Waals surface area contributed by atoms with Crippen molar-refractivity contribution in [1.29, 1.82) is 0 Å². The van der Waals surface area contributed by atoms with E-state index in [1.54, 1.807) is 17.4 Å². The Hall–Kier alpha value is -0.710. The van der Waals surface area contributed by atoms with Crippen molar-refractivity contribution in [1.82, 2.24) is 5.32 Å². The molecule has 1 heterocycles. The van der Waals surface area contributed by atoms with Gasteiger partial charge in [-0.2, -0.15) is 11.3 Å². The molecule has 0 amide bonds. The van der Waals surface area contributed by atoms with E-state index in [2.05, 4.69) is 38.1 Å². The van der Waals surface area contributed by atoms with Gasteiger partial charge in [-0.1, -0.05) is 15.9 Å². The van der Waals surface area contributed by atoms with Crippen molar-refractivity contribution < 1.29 is 4.39 Å². The molecule has 1 N–H and O–H groups in total. The molecule has 0 aliphatic carbocycles. The van der Waals surface area contributed by atoms with Crippen molar-refractivity contribution in [2.75, 3.05) is 6.54 Å². The number of hydrogen-bond donors (Lipinski definition) is 1. The molecule has 1 atom stereocenters. The molecule has 18 heavy (non-hydrogen) atoms. The molecule has 2 aromatic rings. The van der Waals surface area contributed by atoms with Gasteiger partial charge in [0.2, 0.25) is 0 Å². The van der Waals surface area contributed by atoms with Crippen LogP contribution in [0.25, 0.3) is 0 Å². The van der Waals surface area contributed by atoms with Gasteiger partial charge in [0.1, 0.15) is 5.82 Å². The maximum atomic E-state index is 13.7. The second-order valence-electron chi connectivity index (χ2n) is 4.22. The van der Waals surface area contributed by atoms with Gasteiger partial charge in [-0.25, -0.2) is 4.39 Å². The van der Waals surface area contributed by atoms with E-state index in [1.165, 1.54) is 11.6 Å². The highest BCUT2D eigenvalue weighted by molar-refractivity contribution is 9.10. The summed E-state index contributed by atoms with van der Waals surface area (Å²) in [7, 11) is 0. The SMILES string of the molecule is CC(NCCc1ccsc1)c1cc(Br)ccc1F. The van der Waals surface area contributed by atoms with Gasteiger partial charge in [-0.15, -0.1) is 0 Å². The molecule has 0 radical (unpaired) electrons. The van der Waals surface area contributed by atoms with Crippen molar-refractivity contribution in [2.45, 2.75) is 19.4 Å². The fourth-order valence-electron chi connectivity index (χ4n) is 1.82. The molecular formula is C14H15BrFNS. The normalized spacial score (nSPS) is 12.6. The molecule has 0 saturated carbocycles. The lowest BCUT2D eigenvalue weighted by Gasteiger charge is -2.15. The van der Waals surface area contributed by atoms with Crippen LogP contribution in [-0.2, 0) is 6.42 Å². The highest BCUT2D eigenvalue weighted by atomic mass is 79.9. The Morgan fingerprint density at radius 3 is 2.94 bits per heavy atom. The van der Waals surface area contributed by atoms with Crippen LogP contribution in [0.15, 0.2) is 39.5 Å². The number of halogens is 2. The first-order chi connectivity index (χ1) is 8.66. The van der Waals surface area contributed by atoms with Gasteiger partial charge in [-0.05, 0) is 60.5 Å². The monoisotopic (exact) mass is 327 g/mol. The Bertz CT molecular complexity index is 499. The third kappa shape index (κ3) is 3.64. The lowest BCUT2D eigenvalue weighted by Crippen LogP contribution is -2.22. The van der Waals surface area contributed by atoms with Crippen molar-refractivity contribution >= 4 is 27.3 Å². The fourth-order valence-corrected chi connectivity index (χ4v) is 2.91. The smallest absolute Gasteiger partial charge is 0.128 e. The van der Waals surface area contributed by atoms with E-state index in [0.29, 0.717) is 5.56 Å². The average molecular weight is 328 g/mol. The zero-order chi connectivity index (χ0) is 13.0. The standard InChI is InChI=1S/C14H15BrFNS/c1-10(13-8-12(15)2-3-14(13)16)17-6-4-11-5-7-18-9-11/h2-3,5,7-10,17H,4,6H2,1H3. The number of thiophene rings is 1. The highest BCUT2D eigenvalue weighted by Crippen LogP contribution is 2.21. The number of benzene rings is 1. The quantitative estimate of drug-likeness (QED) is 0.849.